The zero-order valence-electron chi connectivity index (χ0n) is 14.8. The summed E-state index contributed by atoms with van der Waals surface area (Å²) < 4.78 is 5.16. The van der Waals surface area contributed by atoms with Crippen molar-refractivity contribution in [3.63, 3.8) is 0 Å². The number of carbonyl (C=O) groups is 1. The maximum absolute atomic E-state index is 12.2. The van der Waals surface area contributed by atoms with Gasteiger partial charge in [-0.15, -0.1) is 11.3 Å². The number of rotatable bonds is 4. The first-order valence-corrected chi connectivity index (χ1v) is 9.52. The molecule has 1 fully saturated rings. The number of carbonyl (C=O) groups excluding carboxylic acids is 1. The van der Waals surface area contributed by atoms with Crippen LogP contribution in [-0.4, -0.2) is 28.6 Å². The minimum absolute atomic E-state index is 0.274. The van der Waals surface area contributed by atoms with E-state index in [4.69, 9.17) is 4.74 Å². The number of nitrogens with one attached hydrogen (secondary N) is 1. The summed E-state index contributed by atoms with van der Waals surface area (Å²) in [7, 11) is 0. The number of hydrogen-bond acceptors (Lipinski definition) is 6. The average molecular weight is 347 g/mol. The maximum Gasteiger partial charge on any atom is 0.348 e. The van der Waals surface area contributed by atoms with Crippen molar-refractivity contribution < 1.29 is 9.53 Å². The van der Waals surface area contributed by atoms with Crippen LogP contribution >= 0.6 is 11.3 Å². The van der Waals surface area contributed by atoms with E-state index in [9.17, 15) is 4.79 Å². The summed E-state index contributed by atoms with van der Waals surface area (Å²) in [5.74, 6) is 1.89. The Kier molecular flexibility index (Phi) is 5.04. The van der Waals surface area contributed by atoms with Crippen LogP contribution < -0.4 is 5.32 Å². The van der Waals surface area contributed by atoms with Crippen molar-refractivity contribution >= 4 is 33.3 Å². The third-order valence-corrected chi connectivity index (χ3v) is 6.40. The molecule has 2 heterocycles. The Bertz CT molecular complexity index is 743. The minimum atomic E-state index is -0.274. The summed E-state index contributed by atoms with van der Waals surface area (Å²) in [6.07, 6.45) is 5.27. The highest BCUT2D eigenvalue weighted by Crippen LogP contribution is 2.36. The SMILES string of the molecule is CCOC(=O)c1sc2ncnc(NC3CCCC(C)C3C)c2c1C. The molecule has 0 radical (unpaired) electrons. The zero-order chi connectivity index (χ0) is 17.3. The van der Waals surface area contributed by atoms with Gasteiger partial charge in [0.05, 0.1) is 12.0 Å². The van der Waals surface area contributed by atoms with Crippen LogP contribution in [0.4, 0.5) is 5.82 Å². The molecule has 0 aromatic carbocycles. The fourth-order valence-corrected chi connectivity index (χ4v) is 4.58. The van der Waals surface area contributed by atoms with E-state index in [1.165, 1.54) is 24.2 Å². The quantitative estimate of drug-likeness (QED) is 0.830. The van der Waals surface area contributed by atoms with Crippen LogP contribution in [0.3, 0.4) is 0 Å². The number of anilines is 1. The van der Waals surface area contributed by atoms with Gasteiger partial charge in [0.1, 0.15) is 21.9 Å². The highest BCUT2D eigenvalue weighted by molar-refractivity contribution is 7.20. The van der Waals surface area contributed by atoms with E-state index in [1.807, 2.05) is 13.8 Å². The fourth-order valence-electron chi connectivity index (χ4n) is 3.53. The van der Waals surface area contributed by atoms with E-state index in [1.54, 1.807) is 6.33 Å². The Morgan fingerprint density at radius 3 is 2.92 bits per heavy atom. The molecule has 0 spiro atoms. The second kappa shape index (κ2) is 7.05. The zero-order valence-corrected chi connectivity index (χ0v) is 15.6. The number of thiophene rings is 1. The Balaban J connectivity index is 1.95. The van der Waals surface area contributed by atoms with Crippen LogP contribution in [0.15, 0.2) is 6.33 Å². The van der Waals surface area contributed by atoms with Crippen molar-refractivity contribution in [3.05, 3.63) is 16.8 Å². The molecule has 1 N–H and O–H groups in total. The lowest BCUT2D eigenvalue weighted by Gasteiger charge is -2.35. The van der Waals surface area contributed by atoms with Crippen molar-refractivity contribution in [3.8, 4) is 0 Å². The van der Waals surface area contributed by atoms with Crippen molar-refractivity contribution in [2.24, 2.45) is 11.8 Å². The van der Waals surface area contributed by atoms with Crippen LogP contribution in [0, 0.1) is 18.8 Å². The van der Waals surface area contributed by atoms with E-state index >= 15 is 0 Å². The van der Waals surface area contributed by atoms with Crippen LogP contribution in [-0.2, 0) is 4.74 Å². The largest absolute Gasteiger partial charge is 0.462 e. The molecular formula is C18H25N3O2S. The lowest BCUT2D eigenvalue weighted by molar-refractivity contribution is 0.0531. The summed E-state index contributed by atoms with van der Waals surface area (Å²) in [5.41, 5.74) is 0.910. The van der Waals surface area contributed by atoms with Gasteiger partial charge in [-0.3, -0.25) is 0 Å². The van der Waals surface area contributed by atoms with E-state index < -0.39 is 0 Å². The van der Waals surface area contributed by atoms with E-state index in [0.717, 1.165) is 28.0 Å². The Hall–Kier alpha value is -1.69. The Morgan fingerprint density at radius 1 is 1.38 bits per heavy atom. The molecule has 3 unspecified atom stereocenters. The number of aryl methyl sites for hydroxylation is 1. The third kappa shape index (κ3) is 3.11. The van der Waals surface area contributed by atoms with Crippen molar-refractivity contribution in [2.75, 3.05) is 11.9 Å². The molecule has 1 aliphatic rings. The summed E-state index contributed by atoms with van der Waals surface area (Å²) in [5, 5.41) is 4.59. The first-order chi connectivity index (χ1) is 11.5. The van der Waals surface area contributed by atoms with Crippen LogP contribution in [0.1, 0.15) is 55.3 Å². The lowest BCUT2D eigenvalue weighted by atomic mass is 9.78. The molecule has 1 saturated carbocycles. The van der Waals surface area contributed by atoms with Gasteiger partial charge < -0.3 is 10.1 Å². The van der Waals surface area contributed by atoms with Gasteiger partial charge in [-0.05, 0) is 37.7 Å². The summed E-state index contributed by atoms with van der Waals surface area (Å²) in [6, 6.07) is 0.414. The molecule has 0 saturated heterocycles. The van der Waals surface area contributed by atoms with E-state index in [-0.39, 0.29) is 5.97 Å². The second-order valence-corrected chi connectivity index (χ2v) is 7.70. The molecule has 5 nitrogen and oxygen atoms in total. The normalized spacial score (nSPS) is 24.1. The molecule has 0 aliphatic heterocycles. The van der Waals surface area contributed by atoms with Gasteiger partial charge in [-0.1, -0.05) is 26.7 Å². The topological polar surface area (TPSA) is 64.1 Å². The highest BCUT2D eigenvalue weighted by Gasteiger charge is 2.28. The van der Waals surface area contributed by atoms with Crippen molar-refractivity contribution in [1.82, 2.24) is 9.97 Å². The van der Waals surface area contributed by atoms with Gasteiger partial charge in [0, 0.05) is 6.04 Å². The predicted molar refractivity (Wildman–Crippen MR) is 97.7 cm³/mol. The number of esters is 1. The van der Waals surface area contributed by atoms with Gasteiger partial charge >= 0.3 is 5.97 Å². The smallest absolute Gasteiger partial charge is 0.348 e. The number of aromatic nitrogens is 2. The first kappa shape index (κ1) is 17.1. The summed E-state index contributed by atoms with van der Waals surface area (Å²) >= 11 is 1.38. The van der Waals surface area contributed by atoms with Gasteiger partial charge in [-0.25, -0.2) is 14.8 Å². The molecule has 24 heavy (non-hydrogen) atoms. The molecule has 2 aromatic rings. The molecule has 2 aromatic heterocycles. The van der Waals surface area contributed by atoms with Crippen LogP contribution in [0.5, 0.6) is 0 Å². The Labute approximate surface area is 146 Å². The lowest BCUT2D eigenvalue weighted by Crippen LogP contribution is -2.35. The molecule has 3 atom stereocenters. The number of fused-ring (bicyclic) bond motifs is 1. The molecule has 0 bridgehead atoms. The maximum atomic E-state index is 12.2. The second-order valence-electron chi connectivity index (χ2n) is 6.70. The van der Waals surface area contributed by atoms with Gasteiger partial charge in [0.15, 0.2) is 0 Å². The van der Waals surface area contributed by atoms with Crippen LogP contribution in [0.2, 0.25) is 0 Å². The van der Waals surface area contributed by atoms with Gasteiger partial charge in [0.2, 0.25) is 0 Å². The summed E-state index contributed by atoms with van der Waals surface area (Å²) in [4.78, 5) is 22.4. The fraction of sp³-hybridized carbons (Fsp3) is 0.611. The van der Waals surface area contributed by atoms with Gasteiger partial charge in [0.25, 0.3) is 0 Å². The highest BCUT2D eigenvalue weighted by atomic mass is 32.1. The standard InChI is InChI=1S/C18H25N3O2S/c1-5-23-18(22)15-12(4)14-16(19-9-20-17(14)24-15)21-13-8-6-7-10(2)11(13)3/h9-11,13H,5-8H2,1-4H3,(H,19,20,21). The molecule has 130 valence electrons. The van der Waals surface area contributed by atoms with Crippen molar-refractivity contribution in [2.45, 2.75) is 53.0 Å². The minimum Gasteiger partial charge on any atom is -0.462 e. The molecule has 1 aliphatic carbocycles. The average Bonchev–Trinajstić information content (AvgIpc) is 2.90. The van der Waals surface area contributed by atoms with Crippen molar-refractivity contribution in [1.29, 1.82) is 0 Å². The molecule has 0 amide bonds. The number of nitrogens with zero attached hydrogens (tertiary/aromatic N) is 2. The third-order valence-electron chi connectivity index (χ3n) is 5.22. The Morgan fingerprint density at radius 2 is 2.17 bits per heavy atom. The van der Waals surface area contributed by atoms with E-state index in [0.29, 0.717) is 29.4 Å². The number of ether oxygens (including phenoxy) is 1. The predicted octanol–water partition coefficient (Wildman–Crippen LogP) is 4.41. The van der Waals surface area contributed by atoms with Gasteiger partial charge in [-0.2, -0.15) is 0 Å². The summed E-state index contributed by atoms with van der Waals surface area (Å²) in [6.45, 7) is 8.78. The monoisotopic (exact) mass is 347 g/mol. The first-order valence-electron chi connectivity index (χ1n) is 8.70. The molecule has 3 rings (SSSR count). The molecule has 6 heteroatoms. The molecular weight excluding hydrogens is 322 g/mol. The number of hydrogen-bond donors (Lipinski definition) is 1. The van der Waals surface area contributed by atoms with E-state index in [2.05, 4.69) is 29.1 Å². The van der Waals surface area contributed by atoms with Crippen LogP contribution in [0.25, 0.3) is 10.2 Å².